The maximum atomic E-state index is 14.1. The fourth-order valence-electron chi connectivity index (χ4n) is 9.28. The molecule has 2 N–H and O–H groups in total. The van der Waals surface area contributed by atoms with E-state index < -0.39 is 40.6 Å². The second-order valence-corrected chi connectivity index (χ2v) is 16.9. The number of carbonyl (C=O) groups is 3. The predicted molar refractivity (Wildman–Crippen MR) is 266 cm³/mol. The van der Waals surface area contributed by atoms with E-state index in [2.05, 4.69) is 14.7 Å². The molecule has 8 rings (SSSR count). The van der Waals surface area contributed by atoms with Gasteiger partial charge in [-0.3, -0.25) is 4.79 Å². The van der Waals surface area contributed by atoms with Gasteiger partial charge in [0, 0.05) is 53.9 Å². The monoisotopic (exact) mass is 1020 g/mol. The van der Waals surface area contributed by atoms with E-state index in [0.717, 1.165) is 82.4 Å². The smallest absolute Gasteiger partial charge is 0.417 e. The summed E-state index contributed by atoms with van der Waals surface area (Å²) < 4.78 is 141. The van der Waals surface area contributed by atoms with Gasteiger partial charge in [-0.25, -0.2) is 4.79 Å². The molecule has 1 unspecified atom stereocenters. The van der Waals surface area contributed by atoms with Crippen molar-refractivity contribution in [2.24, 2.45) is 0 Å². The number of fused-ring (bicyclic) bond motifs is 2. The fourth-order valence-corrected chi connectivity index (χ4v) is 9.28. The summed E-state index contributed by atoms with van der Waals surface area (Å²) in [4.78, 5) is 41.3. The summed E-state index contributed by atoms with van der Waals surface area (Å²) in [6.07, 6.45) is -13.0. The Hall–Kier alpha value is -6.88. The first kappa shape index (κ1) is 57.0. The SMILES string of the molecule is CC.CCOC.CCOC(=O)c1cc(C(c2cc(C=O)c(C)[nH]2)c2c(C)cc(OC)cc2C)[nH]c1C.O=CCCCc1ccc2c3ccc(C(F)(F)F)c4c(C(F)(F)F)ccc(c5ccc(C(F)(F)F)c1c25)c43. The van der Waals surface area contributed by atoms with Crippen molar-refractivity contribution in [3.8, 4) is 5.75 Å². The first-order chi connectivity index (χ1) is 34.5. The van der Waals surface area contributed by atoms with Crippen LogP contribution in [0.5, 0.6) is 5.75 Å². The van der Waals surface area contributed by atoms with Gasteiger partial charge in [0.2, 0.25) is 0 Å². The number of aromatic amines is 2. The molecule has 0 aliphatic heterocycles. The number of halogens is 9. The van der Waals surface area contributed by atoms with Crippen LogP contribution in [0.15, 0.2) is 72.8 Å². The molecular weight excluding hydrogens is 968 g/mol. The molecule has 0 aliphatic carbocycles. The lowest BCUT2D eigenvalue weighted by Gasteiger charge is -2.23. The van der Waals surface area contributed by atoms with Crippen molar-refractivity contribution in [2.45, 2.75) is 99.1 Å². The molecule has 0 saturated carbocycles. The van der Waals surface area contributed by atoms with Crippen LogP contribution < -0.4 is 4.74 Å². The van der Waals surface area contributed by atoms with E-state index in [-0.39, 0.29) is 74.4 Å². The number of aryl methyl sites for hydroxylation is 5. The molecule has 8 aromatic rings. The highest BCUT2D eigenvalue weighted by molar-refractivity contribution is 6.34. The summed E-state index contributed by atoms with van der Waals surface area (Å²) in [6, 6.07) is 15.5. The van der Waals surface area contributed by atoms with Gasteiger partial charge in [0.25, 0.3) is 0 Å². The number of aldehydes is 2. The average molecular weight is 1030 g/mol. The summed E-state index contributed by atoms with van der Waals surface area (Å²) >= 11 is 0. The molecule has 0 saturated heterocycles. The highest BCUT2D eigenvalue weighted by Crippen LogP contribution is 2.50. The first-order valence-electron chi connectivity index (χ1n) is 23.5. The molecule has 17 heteroatoms. The van der Waals surface area contributed by atoms with Crippen LogP contribution in [0.3, 0.4) is 0 Å². The van der Waals surface area contributed by atoms with Crippen LogP contribution in [0.25, 0.3) is 43.1 Å². The van der Waals surface area contributed by atoms with Gasteiger partial charge >= 0.3 is 24.5 Å². The standard InChI is InChI=1S/C27H15F9O.C24H28N2O4.C3H8O.C2H6/c28-25(29,30)18-9-6-15-17-8-11-20(27(34,35)36)24-19(26(31,32)33)10-7-16(23(17)24)14-5-4-13(3-1-2-12-37)21(18)22(14)15;1-7-30-24(28)19-11-21(26-16(19)5)23(20-10-17(12-27)15(4)25-20)22-13(2)8-18(29-6)9-14(22)3;1-3-4-2;1-2/h4-12H,1-3H2;8-12,23,25-26H,7H2,1-6H3;3H2,1-2H3;1-2H3. The summed E-state index contributed by atoms with van der Waals surface area (Å²) in [7, 11) is 3.33. The van der Waals surface area contributed by atoms with Gasteiger partial charge in [-0.1, -0.05) is 44.2 Å². The predicted octanol–water partition coefficient (Wildman–Crippen LogP) is 15.7. The summed E-state index contributed by atoms with van der Waals surface area (Å²) in [5.41, 5.74) is 3.99. The van der Waals surface area contributed by atoms with Crippen molar-refractivity contribution in [1.82, 2.24) is 9.97 Å². The molecule has 0 spiro atoms. The van der Waals surface area contributed by atoms with Gasteiger partial charge in [-0.05, 0) is 157 Å². The molecular formula is C56H57F9N2O6. The Bertz CT molecular complexity index is 3140. The third kappa shape index (κ3) is 11.8. The number of hydrogen-bond acceptors (Lipinski definition) is 6. The van der Waals surface area contributed by atoms with E-state index in [1.54, 1.807) is 21.1 Å². The highest BCUT2D eigenvalue weighted by atomic mass is 19.4. The van der Waals surface area contributed by atoms with Crippen LogP contribution in [0.4, 0.5) is 39.5 Å². The lowest BCUT2D eigenvalue weighted by atomic mass is 9.83. The lowest BCUT2D eigenvalue weighted by Crippen LogP contribution is -2.12. The number of alkyl halides is 9. The fraction of sp³-hybridized carbons (Fsp3) is 0.339. The van der Waals surface area contributed by atoms with Crippen LogP contribution in [0.1, 0.15) is 129 Å². The lowest BCUT2D eigenvalue weighted by molar-refractivity contribution is -0.140. The highest BCUT2D eigenvalue weighted by Gasteiger charge is 2.41. The Labute approximate surface area is 416 Å². The zero-order valence-corrected chi connectivity index (χ0v) is 42.0. The van der Waals surface area contributed by atoms with Gasteiger partial charge in [0.15, 0.2) is 6.29 Å². The van der Waals surface area contributed by atoms with E-state index >= 15 is 0 Å². The van der Waals surface area contributed by atoms with Crippen LogP contribution >= 0.6 is 0 Å². The van der Waals surface area contributed by atoms with E-state index in [9.17, 15) is 53.9 Å². The zero-order chi connectivity index (χ0) is 54.3. The average Bonchev–Trinajstić information content (AvgIpc) is 3.92. The van der Waals surface area contributed by atoms with Crippen molar-refractivity contribution in [3.05, 3.63) is 146 Å². The van der Waals surface area contributed by atoms with Crippen LogP contribution in [-0.2, 0) is 39.2 Å². The molecule has 1 atom stereocenters. The number of benzene rings is 6. The molecule has 73 heavy (non-hydrogen) atoms. The maximum absolute atomic E-state index is 14.1. The molecule has 0 aliphatic rings. The quantitative estimate of drug-likeness (QED) is 0.0315. The van der Waals surface area contributed by atoms with E-state index in [1.807, 2.05) is 72.7 Å². The molecule has 2 aromatic heterocycles. The number of ether oxygens (including phenoxy) is 3. The van der Waals surface area contributed by atoms with Crippen molar-refractivity contribution in [2.75, 3.05) is 27.4 Å². The van der Waals surface area contributed by atoms with Crippen LogP contribution in [0, 0.1) is 27.7 Å². The van der Waals surface area contributed by atoms with Crippen molar-refractivity contribution in [1.29, 1.82) is 0 Å². The Kier molecular flexibility index (Phi) is 18.2. The first-order valence-corrected chi connectivity index (χ1v) is 23.5. The van der Waals surface area contributed by atoms with Gasteiger partial charge in [-0.2, -0.15) is 39.5 Å². The van der Waals surface area contributed by atoms with Crippen molar-refractivity contribution < 1.29 is 68.1 Å². The van der Waals surface area contributed by atoms with Gasteiger partial charge in [0.1, 0.15) is 12.0 Å². The number of hydrogen-bond donors (Lipinski definition) is 2. The molecule has 0 bridgehead atoms. The minimum Gasteiger partial charge on any atom is -0.497 e. The topological polar surface area (TPSA) is 110 Å². The van der Waals surface area contributed by atoms with E-state index in [1.165, 1.54) is 12.1 Å². The number of aromatic nitrogens is 2. The molecule has 2 heterocycles. The minimum atomic E-state index is -5.10. The van der Waals surface area contributed by atoms with Crippen LogP contribution in [-0.4, -0.2) is 55.9 Å². The number of unbranched alkanes of at least 4 members (excludes halogenated alkanes) is 1. The van der Waals surface area contributed by atoms with Gasteiger partial charge < -0.3 is 29.0 Å². The Morgan fingerprint density at radius 2 is 1.07 bits per heavy atom. The number of H-pyrrole nitrogens is 2. The van der Waals surface area contributed by atoms with Crippen molar-refractivity contribution in [3.63, 3.8) is 0 Å². The summed E-state index contributed by atoms with van der Waals surface area (Å²) in [6.45, 7) is 16.7. The minimum absolute atomic E-state index is 0.0135. The normalized spacial score (nSPS) is 12.2. The molecule has 8 nitrogen and oxygen atoms in total. The molecule has 0 fully saturated rings. The second kappa shape index (κ2) is 23.3. The molecule has 0 amide bonds. The number of methoxy groups -OCH3 is 2. The van der Waals surface area contributed by atoms with Gasteiger partial charge in [-0.15, -0.1) is 0 Å². The zero-order valence-electron chi connectivity index (χ0n) is 42.0. The van der Waals surface area contributed by atoms with Crippen molar-refractivity contribution >= 4 is 61.6 Å². The van der Waals surface area contributed by atoms with E-state index in [0.29, 0.717) is 36.2 Å². The largest absolute Gasteiger partial charge is 0.497 e. The summed E-state index contributed by atoms with van der Waals surface area (Å²) in [5, 5.41) is -1.23. The molecule has 0 radical (unpaired) electrons. The van der Waals surface area contributed by atoms with Crippen LogP contribution in [0.2, 0.25) is 0 Å². The third-order valence-corrected chi connectivity index (χ3v) is 12.4. The van der Waals surface area contributed by atoms with Gasteiger partial charge in [0.05, 0.1) is 41.9 Å². The van der Waals surface area contributed by atoms with E-state index in [4.69, 9.17) is 9.47 Å². The maximum Gasteiger partial charge on any atom is 0.417 e. The molecule has 390 valence electrons. The Morgan fingerprint density at radius 1 is 0.616 bits per heavy atom. The number of carbonyl (C=O) groups excluding carboxylic acids is 3. The second-order valence-electron chi connectivity index (χ2n) is 16.9. The number of nitrogens with one attached hydrogen (secondary N) is 2. The summed E-state index contributed by atoms with van der Waals surface area (Å²) in [5.74, 6) is 0.222. The Morgan fingerprint density at radius 3 is 1.49 bits per heavy atom. The number of rotatable bonds is 12. The third-order valence-electron chi connectivity index (χ3n) is 12.4. The Balaban J connectivity index is 0.000000249. The number of esters is 1. The molecule has 6 aromatic carbocycles.